The molecule has 0 radical (unpaired) electrons. The first kappa shape index (κ1) is 19.2. The molecule has 2 aliphatic rings. The molecule has 1 saturated carbocycles. The molecule has 1 fully saturated rings. The van der Waals surface area contributed by atoms with Gasteiger partial charge in [0, 0.05) is 36.5 Å². The highest BCUT2D eigenvalue weighted by molar-refractivity contribution is 6.09. The van der Waals surface area contributed by atoms with Gasteiger partial charge < -0.3 is 16.0 Å². The third-order valence-electron chi connectivity index (χ3n) is 6.19. The van der Waals surface area contributed by atoms with Crippen LogP contribution in [0.2, 0.25) is 0 Å². The van der Waals surface area contributed by atoms with E-state index in [1.807, 2.05) is 30.3 Å². The van der Waals surface area contributed by atoms with Crippen LogP contribution in [0.15, 0.2) is 61.1 Å². The fourth-order valence-electron chi connectivity index (χ4n) is 4.58. The zero-order chi connectivity index (χ0) is 21.3. The van der Waals surface area contributed by atoms with Gasteiger partial charge in [-0.15, -0.1) is 0 Å². The first-order valence-corrected chi connectivity index (χ1v) is 10.5. The van der Waals surface area contributed by atoms with E-state index in [-0.39, 0.29) is 11.8 Å². The van der Waals surface area contributed by atoms with Crippen LogP contribution in [0.5, 0.6) is 0 Å². The number of carbonyl (C=O) groups excluding carboxylic acids is 2. The molecule has 1 aliphatic heterocycles. The Morgan fingerprint density at radius 2 is 1.87 bits per heavy atom. The lowest BCUT2D eigenvalue weighted by Crippen LogP contribution is -2.31. The summed E-state index contributed by atoms with van der Waals surface area (Å²) >= 11 is 0. The van der Waals surface area contributed by atoms with E-state index < -0.39 is 5.41 Å². The van der Waals surface area contributed by atoms with Gasteiger partial charge in [-0.25, -0.2) is 4.98 Å². The summed E-state index contributed by atoms with van der Waals surface area (Å²) in [6.07, 6.45) is 8.92. The van der Waals surface area contributed by atoms with Crippen LogP contribution in [-0.2, 0) is 16.8 Å². The van der Waals surface area contributed by atoms with E-state index in [0.717, 1.165) is 42.5 Å². The van der Waals surface area contributed by atoms with Crippen molar-refractivity contribution in [2.75, 3.05) is 16.0 Å². The van der Waals surface area contributed by atoms with Crippen molar-refractivity contribution in [1.82, 2.24) is 9.97 Å². The van der Waals surface area contributed by atoms with Gasteiger partial charge in [-0.2, -0.15) is 0 Å². The van der Waals surface area contributed by atoms with Crippen molar-refractivity contribution in [3.63, 3.8) is 0 Å². The first-order chi connectivity index (χ1) is 15.2. The number of amides is 2. The summed E-state index contributed by atoms with van der Waals surface area (Å²) in [5, 5.41) is 9.22. The molecule has 156 valence electrons. The van der Waals surface area contributed by atoms with E-state index in [4.69, 9.17) is 0 Å². The molecular weight excluding hydrogens is 390 g/mol. The molecule has 3 aromatic rings. The minimum absolute atomic E-state index is 0.0818. The van der Waals surface area contributed by atoms with Gasteiger partial charge in [-0.3, -0.25) is 14.6 Å². The standard InChI is InChI=1S/C24H23N5O2/c30-22(18-4-3-11-26-21(18)27-15-16-7-12-25-13-8-16)28-17-5-6-20-19(14-17)24(23(31)29-20)9-1-2-10-24/h3-8,11-14H,1-2,9-10,15H2,(H,26,27)(H,28,30)(H,29,31). The summed E-state index contributed by atoms with van der Waals surface area (Å²) in [5.41, 5.74) is 3.59. The molecule has 1 spiro atoms. The van der Waals surface area contributed by atoms with Gasteiger partial charge >= 0.3 is 0 Å². The smallest absolute Gasteiger partial charge is 0.259 e. The molecule has 1 aliphatic carbocycles. The number of carbonyl (C=O) groups is 2. The predicted molar refractivity (Wildman–Crippen MR) is 119 cm³/mol. The van der Waals surface area contributed by atoms with E-state index in [0.29, 0.717) is 23.6 Å². The number of fused-ring (bicyclic) bond motifs is 2. The Bertz CT molecular complexity index is 1140. The lowest BCUT2D eigenvalue weighted by Gasteiger charge is -2.21. The summed E-state index contributed by atoms with van der Waals surface area (Å²) in [4.78, 5) is 34.0. The molecule has 3 heterocycles. The molecule has 2 amide bonds. The van der Waals surface area contributed by atoms with E-state index in [2.05, 4.69) is 25.9 Å². The van der Waals surface area contributed by atoms with Crippen LogP contribution >= 0.6 is 0 Å². The molecular formula is C24H23N5O2. The Morgan fingerprint density at radius 3 is 2.68 bits per heavy atom. The van der Waals surface area contributed by atoms with Crippen molar-refractivity contribution < 1.29 is 9.59 Å². The van der Waals surface area contributed by atoms with Crippen LogP contribution in [0, 0.1) is 0 Å². The first-order valence-electron chi connectivity index (χ1n) is 10.5. The Kier molecular flexibility index (Phi) is 4.86. The van der Waals surface area contributed by atoms with Crippen LogP contribution < -0.4 is 16.0 Å². The van der Waals surface area contributed by atoms with Crippen LogP contribution in [0.4, 0.5) is 17.2 Å². The molecule has 7 nitrogen and oxygen atoms in total. The number of hydrogen-bond acceptors (Lipinski definition) is 5. The number of rotatable bonds is 5. The lowest BCUT2D eigenvalue weighted by atomic mass is 9.80. The second-order valence-electron chi connectivity index (χ2n) is 8.07. The van der Waals surface area contributed by atoms with Crippen molar-refractivity contribution in [3.05, 3.63) is 77.7 Å². The highest BCUT2D eigenvalue weighted by Crippen LogP contribution is 2.49. The number of nitrogens with zero attached hydrogens (tertiary/aromatic N) is 2. The fraction of sp³-hybridized carbons (Fsp3) is 0.250. The molecule has 7 heteroatoms. The highest BCUT2D eigenvalue weighted by atomic mass is 16.2. The molecule has 5 rings (SSSR count). The number of pyridine rings is 2. The maximum atomic E-state index is 13.0. The third-order valence-corrected chi connectivity index (χ3v) is 6.19. The number of hydrogen-bond donors (Lipinski definition) is 3. The molecule has 1 aromatic carbocycles. The van der Waals surface area contributed by atoms with Gasteiger partial charge in [0.25, 0.3) is 5.91 Å². The number of aromatic nitrogens is 2. The zero-order valence-corrected chi connectivity index (χ0v) is 17.0. The lowest BCUT2D eigenvalue weighted by molar-refractivity contribution is -0.120. The minimum Gasteiger partial charge on any atom is -0.365 e. The number of nitrogens with one attached hydrogen (secondary N) is 3. The Balaban J connectivity index is 1.36. The minimum atomic E-state index is -0.443. The van der Waals surface area contributed by atoms with Gasteiger partial charge in [0.2, 0.25) is 5.91 Å². The summed E-state index contributed by atoms with van der Waals surface area (Å²) in [6, 6.07) is 13.0. The topological polar surface area (TPSA) is 96.0 Å². The maximum absolute atomic E-state index is 13.0. The normalized spacial score (nSPS) is 16.1. The van der Waals surface area contributed by atoms with E-state index in [1.54, 1.807) is 30.7 Å². The van der Waals surface area contributed by atoms with Gasteiger partial charge in [0.1, 0.15) is 5.82 Å². The maximum Gasteiger partial charge on any atom is 0.259 e. The van der Waals surface area contributed by atoms with E-state index in [1.165, 1.54) is 0 Å². The second kappa shape index (κ2) is 7.83. The second-order valence-corrected chi connectivity index (χ2v) is 8.07. The zero-order valence-electron chi connectivity index (χ0n) is 17.0. The predicted octanol–water partition coefficient (Wildman–Crippen LogP) is 4.10. The van der Waals surface area contributed by atoms with Crippen molar-refractivity contribution in [1.29, 1.82) is 0 Å². The van der Waals surface area contributed by atoms with Gasteiger partial charge in [-0.1, -0.05) is 12.8 Å². The Hall–Kier alpha value is -3.74. The molecule has 0 bridgehead atoms. The van der Waals surface area contributed by atoms with Crippen LogP contribution in [-0.4, -0.2) is 21.8 Å². The molecule has 3 N–H and O–H groups in total. The summed E-state index contributed by atoms with van der Waals surface area (Å²) < 4.78 is 0. The average Bonchev–Trinajstić information content (AvgIpc) is 3.40. The van der Waals surface area contributed by atoms with Crippen molar-refractivity contribution in [2.45, 2.75) is 37.6 Å². The molecule has 0 atom stereocenters. The SMILES string of the molecule is O=C(Nc1ccc2c(c1)C1(CCCC1)C(=O)N2)c1cccnc1NCc1ccncc1. The van der Waals surface area contributed by atoms with E-state index >= 15 is 0 Å². The molecule has 0 unspecified atom stereocenters. The summed E-state index contributed by atoms with van der Waals surface area (Å²) in [5.74, 6) is 0.350. The number of benzene rings is 1. The van der Waals surface area contributed by atoms with Gasteiger partial charge in [-0.05, 0) is 66.4 Å². The third kappa shape index (κ3) is 3.52. The monoisotopic (exact) mass is 413 g/mol. The molecule has 2 aromatic heterocycles. The van der Waals surface area contributed by atoms with Gasteiger partial charge in [0.15, 0.2) is 0 Å². The average molecular weight is 413 g/mol. The van der Waals surface area contributed by atoms with Crippen LogP contribution in [0.25, 0.3) is 0 Å². The Morgan fingerprint density at radius 1 is 1.06 bits per heavy atom. The fourth-order valence-corrected chi connectivity index (χ4v) is 4.58. The van der Waals surface area contributed by atoms with Crippen molar-refractivity contribution in [2.24, 2.45) is 0 Å². The van der Waals surface area contributed by atoms with Crippen LogP contribution in [0.3, 0.4) is 0 Å². The van der Waals surface area contributed by atoms with Gasteiger partial charge in [0.05, 0.1) is 11.0 Å². The van der Waals surface area contributed by atoms with Crippen LogP contribution in [0.1, 0.15) is 47.2 Å². The highest BCUT2D eigenvalue weighted by Gasteiger charge is 2.48. The summed E-state index contributed by atoms with van der Waals surface area (Å²) in [7, 11) is 0. The molecule has 31 heavy (non-hydrogen) atoms. The summed E-state index contributed by atoms with van der Waals surface area (Å²) in [6.45, 7) is 0.537. The van der Waals surface area contributed by atoms with Crippen molar-refractivity contribution in [3.8, 4) is 0 Å². The van der Waals surface area contributed by atoms with Crippen molar-refractivity contribution >= 4 is 29.0 Å². The largest absolute Gasteiger partial charge is 0.365 e. The van der Waals surface area contributed by atoms with E-state index in [9.17, 15) is 9.59 Å². The quantitative estimate of drug-likeness (QED) is 0.585. The number of anilines is 3. The Labute approximate surface area is 180 Å². The molecule has 0 saturated heterocycles.